The van der Waals surface area contributed by atoms with Gasteiger partial charge in [0, 0.05) is 23.8 Å². The normalized spacial score (nSPS) is 16.5. The Hall–Kier alpha value is -2.10. The molecule has 1 unspecified atom stereocenters. The number of aromatic nitrogens is 2. The smallest absolute Gasteiger partial charge is 0.225 e. The van der Waals surface area contributed by atoms with Crippen LogP contribution in [0.3, 0.4) is 0 Å². The molecule has 1 aliphatic rings. The first kappa shape index (κ1) is 14.8. The minimum absolute atomic E-state index is 0.217. The zero-order chi connectivity index (χ0) is 15.4. The van der Waals surface area contributed by atoms with E-state index in [1.807, 2.05) is 19.1 Å². The quantitative estimate of drug-likeness (QED) is 0.863. The third-order valence-electron chi connectivity index (χ3n) is 4.21. The molecule has 0 radical (unpaired) electrons. The highest BCUT2D eigenvalue weighted by Crippen LogP contribution is 2.23. The Morgan fingerprint density at radius 1 is 1.09 bits per heavy atom. The number of aryl methyl sites for hydroxylation is 1. The fraction of sp³-hybridized carbons (Fsp3) is 0.444. The summed E-state index contributed by atoms with van der Waals surface area (Å²) in [4.78, 5) is 9.14. The summed E-state index contributed by atoms with van der Waals surface area (Å²) in [6.07, 6.45) is 5.06. The van der Waals surface area contributed by atoms with Gasteiger partial charge in [0.1, 0.15) is 5.82 Å². The number of nitrogens with one attached hydrogen (secondary N) is 2. The fourth-order valence-corrected chi connectivity index (χ4v) is 3.01. The van der Waals surface area contributed by atoms with E-state index in [2.05, 4.69) is 51.8 Å². The minimum Gasteiger partial charge on any atom is -0.363 e. The first-order chi connectivity index (χ1) is 10.7. The zero-order valence-corrected chi connectivity index (χ0v) is 13.3. The summed E-state index contributed by atoms with van der Waals surface area (Å²) < 4.78 is 0. The van der Waals surface area contributed by atoms with Crippen LogP contribution in [-0.4, -0.2) is 16.0 Å². The Bertz CT molecular complexity index is 606. The van der Waals surface area contributed by atoms with Crippen LogP contribution in [0.1, 0.15) is 49.9 Å². The lowest BCUT2D eigenvalue weighted by Gasteiger charge is -2.17. The molecule has 1 atom stereocenters. The summed E-state index contributed by atoms with van der Waals surface area (Å²) in [6.45, 7) is 4.16. The summed E-state index contributed by atoms with van der Waals surface area (Å²) >= 11 is 0. The van der Waals surface area contributed by atoms with E-state index in [4.69, 9.17) is 0 Å². The average molecular weight is 296 g/mol. The lowest BCUT2D eigenvalue weighted by Crippen LogP contribution is -2.18. The Morgan fingerprint density at radius 3 is 2.55 bits per heavy atom. The first-order valence-corrected chi connectivity index (χ1v) is 8.14. The number of nitrogens with zero attached hydrogens (tertiary/aromatic N) is 2. The highest BCUT2D eigenvalue weighted by Gasteiger charge is 2.16. The Balaban J connectivity index is 1.71. The van der Waals surface area contributed by atoms with Crippen molar-refractivity contribution in [2.24, 2.45) is 0 Å². The minimum atomic E-state index is 0.217. The van der Waals surface area contributed by atoms with Crippen LogP contribution in [0.4, 0.5) is 11.8 Å². The molecule has 4 nitrogen and oxygen atoms in total. The van der Waals surface area contributed by atoms with Gasteiger partial charge in [-0.25, -0.2) is 4.98 Å². The molecule has 0 aliphatic heterocycles. The molecule has 1 heterocycles. The van der Waals surface area contributed by atoms with Crippen LogP contribution in [0, 0.1) is 6.92 Å². The van der Waals surface area contributed by atoms with Crippen LogP contribution in [0.25, 0.3) is 0 Å². The molecule has 4 heteroatoms. The molecular weight excluding hydrogens is 272 g/mol. The van der Waals surface area contributed by atoms with Gasteiger partial charge in [-0.15, -0.1) is 0 Å². The topological polar surface area (TPSA) is 49.8 Å². The van der Waals surface area contributed by atoms with Crippen LogP contribution in [0.15, 0.2) is 36.4 Å². The van der Waals surface area contributed by atoms with Gasteiger partial charge in [0.15, 0.2) is 0 Å². The molecule has 1 aliphatic carbocycles. The van der Waals surface area contributed by atoms with E-state index in [9.17, 15) is 0 Å². The predicted molar refractivity (Wildman–Crippen MR) is 91.1 cm³/mol. The van der Waals surface area contributed by atoms with Gasteiger partial charge in [0.05, 0.1) is 0 Å². The van der Waals surface area contributed by atoms with Gasteiger partial charge in [0.25, 0.3) is 0 Å². The molecular formula is C18H24N4. The molecule has 1 aromatic carbocycles. The van der Waals surface area contributed by atoms with Crippen molar-refractivity contribution in [1.29, 1.82) is 0 Å². The molecule has 22 heavy (non-hydrogen) atoms. The predicted octanol–water partition coefficient (Wildman–Crippen LogP) is 4.31. The van der Waals surface area contributed by atoms with Crippen molar-refractivity contribution in [3.05, 3.63) is 47.7 Å². The van der Waals surface area contributed by atoms with Gasteiger partial charge < -0.3 is 10.6 Å². The van der Waals surface area contributed by atoms with Gasteiger partial charge in [-0.1, -0.05) is 43.2 Å². The third-order valence-corrected chi connectivity index (χ3v) is 4.21. The van der Waals surface area contributed by atoms with Crippen molar-refractivity contribution in [2.45, 2.75) is 51.6 Å². The van der Waals surface area contributed by atoms with E-state index in [-0.39, 0.29) is 6.04 Å². The van der Waals surface area contributed by atoms with Crippen molar-refractivity contribution in [2.75, 3.05) is 10.6 Å². The number of rotatable bonds is 5. The molecule has 0 amide bonds. The van der Waals surface area contributed by atoms with Gasteiger partial charge in [0.2, 0.25) is 5.95 Å². The Kier molecular flexibility index (Phi) is 4.56. The van der Waals surface area contributed by atoms with Gasteiger partial charge in [-0.3, -0.25) is 0 Å². The van der Waals surface area contributed by atoms with E-state index < -0.39 is 0 Å². The standard InChI is InChI=1S/C18H24N4/c1-13-12-17(20-14(2)15-8-4-3-5-9-15)22-18(19-13)21-16-10-6-7-11-16/h3-5,8-9,12,14,16H,6-7,10-11H2,1-2H3,(H2,19,20,21,22). The molecule has 0 saturated heterocycles. The summed E-state index contributed by atoms with van der Waals surface area (Å²) in [7, 11) is 0. The highest BCUT2D eigenvalue weighted by atomic mass is 15.2. The van der Waals surface area contributed by atoms with E-state index in [0.29, 0.717) is 6.04 Å². The van der Waals surface area contributed by atoms with Crippen LogP contribution in [-0.2, 0) is 0 Å². The molecule has 1 aromatic heterocycles. The maximum atomic E-state index is 4.63. The first-order valence-electron chi connectivity index (χ1n) is 8.14. The number of hydrogen-bond acceptors (Lipinski definition) is 4. The molecule has 3 rings (SSSR count). The van der Waals surface area contributed by atoms with Gasteiger partial charge >= 0.3 is 0 Å². The molecule has 1 fully saturated rings. The highest BCUT2D eigenvalue weighted by molar-refractivity contribution is 5.44. The van der Waals surface area contributed by atoms with Crippen molar-refractivity contribution in [3.8, 4) is 0 Å². The summed E-state index contributed by atoms with van der Waals surface area (Å²) in [5.74, 6) is 1.62. The molecule has 0 spiro atoms. The molecule has 2 N–H and O–H groups in total. The Labute approximate surface area is 132 Å². The fourth-order valence-electron chi connectivity index (χ4n) is 3.01. The molecule has 0 bridgehead atoms. The van der Waals surface area contributed by atoms with Gasteiger partial charge in [-0.05, 0) is 32.3 Å². The van der Waals surface area contributed by atoms with Crippen LogP contribution >= 0.6 is 0 Å². The second-order valence-electron chi connectivity index (χ2n) is 6.12. The monoisotopic (exact) mass is 296 g/mol. The summed E-state index contributed by atoms with van der Waals surface area (Å²) in [6, 6.07) is 13.2. The lowest BCUT2D eigenvalue weighted by atomic mass is 10.1. The SMILES string of the molecule is Cc1cc(NC(C)c2ccccc2)nc(NC2CCCC2)n1. The summed E-state index contributed by atoms with van der Waals surface area (Å²) in [5.41, 5.74) is 2.24. The number of anilines is 2. The van der Waals surface area contributed by atoms with Crippen molar-refractivity contribution < 1.29 is 0 Å². The van der Waals surface area contributed by atoms with E-state index in [1.54, 1.807) is 0 Å². The number of hydrogen-bond donors (Lipinski definition) is 2. The van der Waals surface area contributed by atoms with E-state index in [0.717, 1.165) is 17.5 Å². The van der Waals surface area contributed by atoms with Crippen LogP contribution in [0.5, 0.6) is 0 Å². The second kappa shape index (κ2) is 6.77. The largest absolute Gasteiger partial charge is 0.363 e. The van der Waals surface area contributed by atoms with Crippen molar-refractivity contribution >= 4 is 11.8 Å². The van der Waals surface area contributed by atoms with Gasteiger partial charge in [-0.2, -0.15) is 4.98 Å². The maximum absolute atomic E-state index is 4.63. The van der Waals surface area contributed by atoms with Crippen LogP contribution < -0.4 is 10.6 Å². The second-order valence-corrected chi connectivity index (χ2v) is 6.12. The molecule has 116 valence electrons. The lowest BCUT2D eigenvalue weighted by molar-refractivity contribution is 0.742. The number of benzene rings is 1. The third kappa shape index (κ3) is 3.75. The van der Waals surface area contributed by atoms with Crippen molar-refractivity contribution in [3.63, 3.8) is 0 Å². The van der Waals surface area contributed by atoms with E-state index in [1.165, 1.54) is 31.2 Å². The zero-order valence-electron chi connectivity index (χ0n) is 13.3. The molecule has 1 saturated carbocycles. The summed E-state index contributed by atoms with van der Waals surface area (Å²) in [5, 5.41) is 6.95. The Morgan fingerprint density at radius 2 is 1.82 bits per heavy atom. The molecule has 2 aromatic rings. The average Bonchev–Trinajstić information content (AvgIpc) is 3.00. The van der Waals surface area contributed by atoms with Crippen LogP contribution in [0.2, 0.25) is 0 Å². The maximum Gasteiger partial charge on any atom is 0.225 e. The van der Waals surface area contributed by atoms with E-state index >= 15 is 0 Å². The van der Waals surface area contributed by atoms with Crippen molar-refractivity contribution in [1.82, 2.24) is 9.97 Å².